The van der Waals surface area contributed by atoms with E-state index in [-0.39, 0.29) is 0 Å². The van der Waals surface area contributed by atoms with Crippen molar-refractivity contribution < 1.29 is 0 Å². The Morgan fingerprint density at radius 1 is 1.50 bits per heavy atom. The van der Waals surface area contributed by atoms with Crippen LogP contribution in [-0.2, 0) is 6.42 Å². The van der Waals surface area contributed by atoms with Crippen LogP contribution in [0, 0.1) is 6.92 Å². The zero-order valence-electron chi connectivity index (χ0n) is 7.23. The number of hydrogen-bond acceptors (Lipinski definition) is 1. The maximum Gasteiger partial charge on any atom is 0.0925 e. The molecule has 0 radical (unpaired) electrons. The minimum atomic E-state index is 1.02. The van der Waals surface area contributed by atoms with Gasteiger partial charge in [0.1, 0.15) is 0 Å². The van der Waals surface area contributed by atoms with Crippen LogP contribution in [0.2, 0.25) is 0 Å². The lowest BCUT2D eigenvalue weighted by Crippen LogP contribution is -1.81. The van der Waals surface area contributed by atoms with E-state index in [4.69, 9.17) is 0 Å². The molecule has 0 bridgehead atoms. The third-order valence-corrected chi connectivity index (χ3v) is 1.27. The minimum absolute atomic E-state index is 1.02. The van der Waals surface area contributed by atoms with Crippen LogP contribution in [0.5, 0.6) is 0 Å². The van der Waals surface area contributed by atoms with E-state index < -0.39 is 0 Å². The molecule has 0 atom stereocenters. The Morgan fingerprint density at radius 3 is 2.30 bits per heavy atom. The lowest BCUT2D eigenvalue weighted by molar-refractivity contribution is 1.04. The van der Waals surface area contributed by atoms with E-state index in [1.54, 1.807) is 6.33 Å². The number of nitrogens with zero attached hydrogens (tertiary/aromatic N) is 1. The topological polar surface area (TPSA) is 28.7 Å². The molecule has 1 heterocycles. The summed E-state index contributed by atoms with van der Waals surface area (Å²) in [5, 5.41) is 0. The van der Waals surface area contributed by atoms with Crippen molar-refractivity contribution in [3.05, 3.63) is 17.7 Å². The van der Waals surface area contributed by atoms with Crippen molar-refractivity contribution in [3.63, 3.8) is 0 Å². The molecular weight excluding hydrogens is 124 g/mol. The van der Waals surface area contributed by atoms with Crippen LogP contribution in [0.25, 0.3) is 0 Å². The Labute approximate surface area is 62.7 Å². The first kappa shape index (κ1) is 9.21. The molecule has 2 nitrogen and oxygen atoms in total. The summed E-state index contributed by atoms with van der Waals surface area (Å²) in [5.41, 5.74) is 2.36. The lowest BCUT2D eigenvalue weighted by atomic mass is 10.3. The Morgan fingerprint density at radius 2 is 2.10 bits per heavy atom. The molecule has 58 valence electrons. The monoisotopic (exact) mass is 140 g/mol. The summed E-state index contributed by atoms with van der Waals surface area (Å²) in [6.07, 6.45) is 2.75. The first-order valence-electron chi connectivity index (χ1n) is 3.83. The second-order valence-electron chi connectivity index (χ2n) is 1.83. The van der Waals surface area contributed by atoms with Crippen molar-refractivity contribution in [2.24, 2.45) is 0 Å². The number of H-pyrrole nitrogens is 1. The highest BCUT2D eigenvalue weighted by atomic mass is 14.9. The fraction of sp³-hybridized carbons (Fsp3) is 0.625. The van der Waals surface area contributed by atoms with Gasteiger partial charge in [-0.15, -0.1) is 0 Å². The van der Waals surface area contributed by atoms with Crippen LogP contribution >= 0.6 is 0 Å². The van der Waals surface area contributed by atoms with Gasteiger partial charge < -0.3 is 4.98 Å². The van der Waals surface area contributed by atoms with Gasteiger partial charge in [-0.25, -0.2) is 4.98 Å². The van der Waals surface area contributed by atoms with Crippen molar-refractivity contribution in [1.29, 1.82) is 0 Å². The van der Waals surface area contributed by atoms with E-state index in [1.165, 1.54) is 11.4 Å². The first-order valence-corrected chi connectivity index (χ1v) is 3.83. The highest BCUT2D eigenvalue weighted by molar-refractivity contribution is 5.07. The summed E-state index contributed by atoms with van der Waals surface area (Å²) < 4.78 is 0. The van der Waals surface area contributed by atoms with Crippen LogP contribution in [0.15, 0.2) is 6.33 Å². The molecule has 0 fully saturated rings. The summed E-state index contributed by atoms with van der Waals surface area (Å²) >= 11 is 0. The van der Waals surface area contributed by atoms with Gasteiger partial charge >= 0.3 is 0 Å². The first-order chi connectivity index (χ1) is 4.84. The average molecular weight is 140 g/mol. The normalized spacial score (nSPS) is 8.40. The van der Waals surface area contributed by atoms with Gasteiger partial charge in [0.2, 0.25) is 0 Å². The zero-order chi connectivity index (χ0) is 7.98. The number of aromatic nitrogens is 2. The number of imidazole rings is 1. The number of aryl methyl sites for hydroxylation is 2. The highest BCUT2D eigenvalue weighted by Gasteiger charge is 1.93. The Bertz CT molecular complexity index is 168. The van der Waals surface area contributed by atoms with Crippen LogP contribution < -0.4 is 0 Å². The molecule has 0 saturated carbocycles. The molecule has 1 aromatic rings. The number of hydrogen-bond donors (Lipinski definition) is 1. The van der Waals surface area contributed by atoms with E-state index >= 15 is 0 Å². The number of nitrogens with one attached hydrogen (secondary N) is 1. The quantitative estimate of drug-likeness (QED) is 0.637. The smallest absolute Gasteiger partial charge is 0.0925 e. The Balaban J connectivity index is 0.000000371. The lowest BCUT2D eigenvalue weighted by Gasteiger charge is -1.86. The average Bonchev–Trinajstić information content (AvgIpc) is 2.39. The van der Waals surface area contributed by atoms with E-state index in [2.05, 4.69) is 16.9 Å². The molecule has 0 aliphatic rings. The molecule has 0 spiro atoms. The van der Waals surface area contributed by atoms with Crippen LogP contribution in [0.1, 0.15) is 32.2 Å². The maximum absolute atomic E-state index is 4.08. The Kier molecular flexibility index (Phi) is 4.63. The standard InChI is InChI=1S/C6H10N2.C2H6/c1-3-6-5(2)7-4-8-6;1-2/h4H,3H2,1-2H3,(H,7,8);1-2H3. The van der Waals surface area contributed by atoms with Crippen molar-refractivity contribution in [3.8, 4) is 0 Å². The van der Waals surface area contributed by atoms with Gasteiger partial charge in [-0.1, -0.05) is 20.8 Å². The molecule has 0 aliphatic carbocycles. The minimum Gasteiger partial charge on any atom is -0.348 e. The van der Waals surface area contributed by atoms with Crippen molar-refractivity contribution in [1.82, 2.24) is 9.97 Å². The van der Waals surface area contributed by atoms with E-state index in [1.807, 2.05) is 20.8 Å². The highest BCUT2D eigenvalue weighted by Crippen LogP contribution is 1.98. The third kappa shape index (κ3) is 2.21. The van der Waals surface area contributed by atoms with Gasteiger partial charge in [0, 0.05) is 5.69 Å². The van der Waals surface area contributed by atoms with Gasteiger partial charge in [-0.2, -0.15) is 0 Å². The molecule has 1 N–H and O–H groups in total. The second kappa shape index (κ2) is 5.03. The van der Waals surface area contributed by atoms with Gasteiger partial charge in [-0.3, -0.25) is 0 Å². The SMILES string of the molecule is CC.CCc1nc[nH]c1C. The molecule has 10 heavy (non-hydrogen) atoms. The van der Waals surface area contributed by atoms with Crippen LogP contribution in [0.4, 0.5) is 0 Å². The van der Waals surface area contributed by atoms with Crippen LogP contribution in [0.3, 0.4) is 0 Å². The third-order valence-electron chi connectivity index (χ3n) is 1.27. The number of aromatic amines is 1. The summed E-state index contributed by atoms with van der Waals surface area (Å²) in [6.45, 7) is 8.13. The van der Waals surface area contributed by atoms with E-state index in [0.29, 0.717) is 0 Å². The van der Waals surface area contributed by atoms with Gasteiger partial charge in [0.05, 0.1) is 12.0 Å². The molecule has 0 aliphatic heterocycles. The van der Waals surface area contributed by atoms with Gasteiger partial charge in [0.25, 0.3) is 0 Å². The summed E-state index contributed by atoms with van der Waals surface area (Å²) in [4.78, 5) is 7.09. The summed E-state index contributed by atoms with van der Waals surface area (Å²) in [7, 11) is 0. The molecule has 1 aromatic heterocycles. The predicted octanol–water partition coefficient (Wildman–Crippen LogP) is 2.31. The molecular formula is C8H16N2. The molecule has 1 rings (SSSR count). The largest absolute Gasteiger partial charge is 0.348 e. The fourth-order valence-electron chi connectivity index (χ4n) is 0.744. The van der Waals surface area contributed by atoms with Gasteiger partial charge in [-0.05, 0) is 13.3 Å². The van der Waals surface area contributed by atoms with Crippen molar-refractivity contribution in [2.45, 2.75) is 34.1 Å². The molecule has 0 aromatic carbocycles. The predicted molar refractivity (Wildman–Crippen MR) is 44.1 cm³/mol. The molecule has 0 amide bonds. The van der Waals surface area contributed by atoms with Crippen molar-refractivity contribution in [2.75, 3.05) is 0 Å². The van der Waals surface area contributed by atoms with E-state index in [9.17, 15) is 0 Å². The molecule has 0 unspecified atom stereocenters. The zero-order valence-corrected chi connectivity index (χ0v) is 7.23. The van der Waals surface area contributed by atoms with Crippen LogP contribution in [-0.4, -0.2) is 9.97 Å². The Hall–Kier alpha value is -0.790. The molecule has 2 heteroatoms. The van der Waals surface area contributed by atoms with Crippen molar-refractivity contribution >= 4 is 0 Å². The summed E-state index contributed by atoms with van der Waals surface area (Å²) in [6, 6.07) is 0. The maximum atomic E-state index is 4.08. The fourth-order valence-corrected chi connectivity index (χ4v) is 0.744. The second-order valence-corrected chi connectivity index (χ2v) is 1.83. The molecule has 0 saturated heterocycles. The van der Waals surface area contributed by atoms with Gasteiger partial charge in [0.15, 0.2) is 0 Å². The summed E-state index contributed by atoms with van der Waals surface area (Å²) in [5.74, 6) is 0. The van der Waals surface area contributed by atoms with E-state index in [0.717, 1.165) is 6.42 Å². The number of rotatable bonds is 1.